The molecule has 0 bridgehead atoms. The minimum absolute atomic E-state index is 0.424. The van der Waals surface area contributed by atoms with Crippen molar-refractivity contribution in [3.05, 3.63) is 0 Å². The minimum Gasteiger partial charge on any atom is -0.369 e. The molecule has 6 heteroatoms. The van der Waals surface area contributed by atoms with Gasteiger partial charge in [-0.3, -0.25) is 9.35 Å². The van der Waals surface area contributed by atoms with Gasteiger partial charge in [0.05, 0.1) is 11.2 Å². The van der Waals surface area contributed by atoms with Gasteiger partial charge in [-0.1, -0.05) is 84.0 Å². The lowest BCUT2D eigenvalue weighted by molar-refractivity contribution is -0.122. The number of nitrogens with two attached hydrogens (primary N) is 1. The van der Waals surface area contributed by atoms with Crippen LogP contribution in [0.2, 0.25) is 0 Å². The number of carbonyl (C=O) groups excluding carboxylic acids is 1. The fraction of sp³-hybridized carbons (Fsp3) is 0.944. The van der Waals surface area contributed by atoms with Crippen molar-refractivity contribution in [1.82, 2.24) is 0 Å². The molecule has 0 aromatic heterocycles. The van der Waals surface area contributed by atoms with Crippen LogP contribution in [0.15, 0.2) is 0 Å². The van der Waals surface area contributed by atoms with Crippen LogP contribution in [0.4, 0.5) is 0 Å². The molecule has 0 aromatic carbocycles. The number of amides is 1. The van der Waals surface area contributed by atoms with E-state index in [-0.39, 0.29) is 0 Å². The first-order chi connectivity index (χ1) is 11.3. The molecule has 3 N–H and O–H groups in total. The maximum Gasteiger partial charge on any atom is 0.268 e. The lowest BCUT2D eigenvalue weighted by atomic mass is 9.96. The highest BCUT2D eigenvalue weighted by Gasteiger charge is 2.31. The van der Waals surface area contributed by atoms with E-state index >= 15 is 0 Å². The monoisotopic (exact) mass is 363 g/mol. The Labute approximate surface area is 148 Å². The van der Waals surface area contributed by atoms with Gasteiger partial charge < -0.3 is 5.73 Å². The van der Waals surface area contributed by atoms with Gasteiger partial charge in [0.15, 0.2) is 0 Å². The zero-order chi connectivity index (χ0) is 18.4. The van der Waals surface area contributed by atoms with Crippen molar-refractivity contribution >= 4 is 16.0 Å². The van der Waals surface area contributed by atoms with Crippen molar-refractivity contribution in [3.63, 3.8) is 0 Å². The molecule has 24 heavy (non-hydrogen) atoms. The Kier molecular flexibility index (Phi) is 13.3. The molecule has 2 atom stereocenters. The van der Waals surface area contributed by atoms with Gasteiger partial charge >= 0.3 is 0 Å². The van der Waals surface area contributed by atoms with Crippen LogP contribution in [0.3, 0.4) is 0 Å². The zero-order valence-corrected chi connectivity index (χ0v) is 16.3. The summed E-state index contributed by atoms with van der Waals surface area (Å²) in [5.41, 5.74) is 5.26. The standard InChI is InChI=1S/C18H37NO4S/c1-3-4-5-6-7-8-9-10-11-12-13-14-15-17(18(19)20)16(2)24(21,22)23/h16-17H,3-15H2,1-2H3,(H2,19,20)(H,21,22,23). The summed E-state index contributed by atoms with van der Waals surface area (Å²) in [4.78, 5) is 11.4. The Balaban J connectivity index is 3.65. The summed E-state index contributed by atoms with van der Waals surface area (Å²) in [7, 11) is -4.21. The summed E-state index contributed by atoms with van der Waals surface area (Å²) in [5.74, 6) is -1.45. The number of unbranched alkanes of at least 4 members (excludes halogenated alkanes) is 11. The summed E-state index contributed by atoms with van der Waals surface area (Å²) in [6.07, 6.45) is 15.0. The molecule has 0 aliphatic carbocycles. The highest BCUT2D eigenvalue weighted by atomic mass is 32.2. The maximum atomic E-state index is 11.4. The summed E-state index contributed by atoms with van der Waals surface area (Å²) in [6.45, 7) is 3.57. The van der Waals surface area contributed by atoms with Crippen LogP contribution in [0.5, 0.6) is 0 Å². The van der Waals surface area contributed by atoms with Crippen LogP contribution in [-0.4, -0.2) is 24.1 Å². The van der Waals surface area contributed by atoms with E-state index in [0.29, 0.717) is 6.42 Å². The van der Waals surface area contributed by atoms with Crippen LogP contribution in [-0.2, 0) is 14.9 Å². The molecule has 0 fully saturated rings. The van der Waals surface area contributed by atoms with E-state index < -0.39 is 27.2 Å². The first-order valence-electron chi connectivity index (χ1n) is 9.56. The molecule has 144 valence electrons. The van der Waals surface area contributed by atoms with Crippen LogP contribution in [0.1, 0.15) is 97.3 Å². The van der Waals surface area contributed by atoms with E-state index in [1.54, 1.807) is 0 Å². The lowest BCUT2D eigenvalue weighted by Gasteiger charge is -2.18. The predicted molar refractivity (Wildman–Crippen MR) is 99.4 cm³/mol. The second kappa shape index (κ2) is 13.6. The molecule has 0 radical (unpaired) electrons. The Bertz CT molecular complexity index is 423. The van der Waals surface area contributed by atoms with Crippen molar-refractivity contribution in [3.8, 4) is 0 Å². The van der Waals surface area contributed by atoms with E-state index in [1.807, 2.05) is 0 Å². The number of carbonyl (C=O) groups is 1. The largest absolute Gasteiger partial charge is 0.369 e. The Morgan fingerprint density at radius 2 is 1.25 bits per heavy atom. The van der Waals surface area contributed by atoms with E-state index in [9.17, 15) is 13.2 Å². The number of primary amides is 1. The quantitative estimate of drug-likeness (QED) is 0.312. The van der Waals surface area contributed by atoms with E-state index in [1.165, 1.54) is 64.7 Å². The predicted octanol–water partition coefficient (Wildman–Crippen LogP) is 4.46. The molecule has 0 aliphatic rings. The molecule has 0 aliphatic heterocycles. The molecule has 0 heterocycles. The highest BCUT2D eigenvalue weighted by Crippen LogP contribution is 2.20. The molecule has 0 saturated heterocycles. The molecule has 2 unspecified atom stereocenters. The Hall–Kier alpha value is -0.620. The van der Waals surface area contributed by atoms with Crippen molar-refractivity contribution in [2.24, 2.45) is 11.7 Å². The van der Waals surface area contributed by atoms with Gasteiger partial charge in [-0.25, -0.2) is 0 Å². The average Bonchev–Trinajstić information content (AvgIpc) is 2.50. The normalized spacial score (nSPS) is 14.5. The molecule has 0 spiro atoms. The SMILES string of the molecule is CCCCCCCCCCCCCCC(C(N)=O)C(C)S(=O)(=O)O. The fourth-order valence-electron chi connectivity index (χ4n) is 3.02. The molecule has 0 rings (SSSR count). The van der Waals surface area contributed by atoms with Crippen LogP contribution < -0.4 is 5.73 Å². The summed E-state index contributed by atoms with van der Waals surface area (Å²) in [5, 5.41) is -1.12. The second-order valence-electron chi connectivity index (χ2n) is 6.91. The van der Waals surface area contributed by atoms with Gasteiger partial charge in [0.1, 0.15) is 0 Å². The van der Waals surface area contributed by atoms with Gasteiger partial charge in [0.2, 0.25) is 5.91 Å². The first-order valence-corrected chi connectivity index (χ1v) is 11.1. The summed E-state index contributed by atoms with van der Waals surface area (Å²) in [6, 6.07) is 0. The zero-order valence-electron chi connectivity index (χ0n) is 15.5. The molecule has 1 amide bonds. The summed E-state index contributed by atoms with van der Waals surface area (Å²) < 4.78 is 31.3. The van der Waals surface area contributed by atoms with Gasteiger partial charge in [-0.2, -0.15) is 8.42 Å². The number of rotatable bonds is 16. The molecule has 0 aromatic rings. The van der Waals surface area contributed by atoms with Crippen LogP contribution in [0, 0.1) is 5.92 Å². The van der Waals surface area contributed by atoms with Gasteiger partial charge in [0.25, 0.3) is 10.1 Å². The Morgan fingerprint density at radius 3 is 1.58 bits per heavy atom. The van der Waals surface area contributed by atoms with Gasteiger partial charge in [-0.05, 0) is 13.3 Å². The minimum atomic E-state index is -4.21. The van der Waals surface area contributed by atoms with Crippen molar-refractivity contribution in [2.75, 3.05) is 0 Å². The first kappa shape index (κ1) is 23.4. The summed E-state index contributed by atoms with van der Waals surface area (Å²) >= 11 is 0. The van der Waals surface area contributed by atoms with E-state index in [2.05, 4.69) is 6.92 Å². The third-order valence-corrected chi connectivity index (χ3v) is 6.04. The van der Waals surface area contributed by atoms with E-state index in [0.717, 1.165) is 19.3 Å². The number of hydrogen-bond acceptors (Lipinski definition) is 3. The highest BCUT2D eigenvalue weighted by molar-refractivity contribution is 7.86. The third kappa shape index (κ3) is 11.8. The molecular formula is C18H37NO4S. The van der Waals surface area contributed by atoms with Gasteiger partial charge in [-0.15, -0.1) is 0 Å². The lowest BCUT2D eigenvalue weighted by Crippen LogP contribution is -2.36. The van der Waals surface area contributed by atoms with Crippen LogP contribution >= 0.6 is 0 Å². The molecular weight excluding hydrogens is 326 g/mol. The average molecular weight is 364 g/mol. The topological polar surface area (TPSA) is 97.5 Å². The fourth-order valence-corrected chi connectivity index (χ4v) is 3.71. The molecule has 5 nitrogen and oxygen atoms in total. The van der Waals surface area contributed by atoms with Crippen molar-refractivity contribution in [2.45, 2.75) is 103 Å². The van der Waals surface area contributed by atoms with Crippen molar-refractivity contribution < 1.29 is 17.8 Å². The third-order valence-electron chi connectivity index (χ3n) is 4.77. The smallest absolute Gasteiger partial charge is 0.268 e. The maximum absolute atomic E-state index is 11.4. The van der Waals surface area contributed by atoms with Gasteiger partial charge in [0, 0.05) is 0 Å². The second-order valence-corrected chi connectivity index (χ2v) is 8.68. The Morgan fingerprint density at radius 1 is 0.875 bits per heavy atom. The van der Waals surface area contributed by atoms with Crippen LogP contribution in [0.25, 0.3) is 0 Å². The number of hydrogen-bond donors (Lipinski definition) is 2. The van der Waals surface area contributed by atoms with E-state index in [4.69, 9.17) is 10.3 Å². The van der Waals surface area contributed by atoms with Crippen molar-refractivity contribution in [1.29, 1.82) is 0 Å². The molecule has 0 saturated carbocycles.